The summed E-state index contributed by atoms with van der Waals surface area (Å²) in [5, 5.41) is 22.5. The van der Waals surface area contributed by atoms with Crippen LogP contribution in [0, 0.1) is 0 Å². The Balaban J connectivity index is 1.87. The Bertz CT molecular complexity index is 749. The molecule has 24 heavy (non-hydrogen) atoms. The average Bonchev–Trinajstić information content (AvgIpc) is 3.13. The first-order valence-corrected chi connectivity index (χ1v) is 8.67. The minimum absolute atomic E-state index is 0.197. The summed E-state index contributed by atoms with van der Waals surface area (Å²) in [5.41, 5.74) is 1.90. The van der Waals surface area contributed by atoms with Crippen LogP contribution in [0.1, 0.15) is 16.7 Å². The Morgan fingerprint density at radius 3 is 2.33 bits per heavy atom. The molecule has 0 radical (unpaired) electrons. The molecule has 3 rings (SSSR count). The molecule has 0 aliphatic carbocycles. The molecule has 6 heteroatoms. The highest BCUT2D eigenvalue weighted by Gasteiger charge is 2.23. The minimum Gasteiger partial charge on any atom is -0.394 e. The van der Waals surface area contributed by atoms with Gasteiger partial charge in [0.25, 0.3) is 0 Å². The summed E-state index contributed by atoms with van der Waals surface area (Å²) in [4.78, 5) is 4.52. The maximum absolute atomic E-state index is 9.65. The largest absolute Gasteiger partial charge is 0.394 e. The van der Waals surface area contributed by atoms with Gasteiger partial charge in [-0.25, -0.2) is 0 Å². The predicted octanol–water partition coefficient (Wildman–Crippen LogP) is 2.91. The van der Waals surface area contributed by atoms with Crippen molar-refractivity contribution in [2.75, 3.05) is 12.4 Å². The first-order valence-electron chi connectivity index (χ1n) is 7.62. The molecule has 3 aromatic rings. The molecule has 2 N–H and O–H groups in total. The summed E-state index contributed by atoms with van der Waals surface area (Å²) in [5.74, 6) is 1.39. The molecule has 0 fully saturated rings. The molecule has 0 amide bonds. The first-order chi connectivity index (χ1) is 11.8. The van der Waals surface area contributed by atoms with Crippen molar-refractivity contribution < 1.29 is 14.7 Å². The highest BCUT2D eigenvalue weighted by Crippen LogP contribution is 2.35. The van der Waals surface area contributed by atoms with Gasteiger partial charge >= 0.3 is 0 Å². The van der Waals surface area contributed by atoms with Crippen molar-refractivity contribution in [3.63, 3.8) is 0 Å². The molecule has 0 aliphatic heterocycles. The van der Waals surface area contributed by atoms with Crippen molar-refractivity contribution in [1.29, 1.82) is 0 Å². The van der Waals surface area contributed by atoms with E-state index < -0.39 is 6.10 Å². The summed E-state index contributed by atoms with van der Waals surface area (Å²) in [6.07, 6.45) is -0.780. The molecule has 1 heterocycles. The Morgan fingerprint density at radius 1 is 1.00 bits per heavy atom. The van der Waals surface area contributed by atoms with E-state index in [0.717, 1.165) is 11.1 Å². The number of hydrogen-bond acceptors (Lipinski definition) is 6. The van der Waals surface area contributed by atoms with E-state index in [4.69, 9.17) is 9.63 Å². The van der Waals surface area contributed by atoms with Crippen LogP contribution in [-0.2, 0) is 0 Å². The second kappa shape index (κ2) is 8.10. The monoisotopic (exact) mass is 342 g/mol. The second-order valence-electron chi connectivity index (χ2n) is 5.28. The minimum atomic E-state index is -0.780. The number of benzene rings is 2. The third-order valence-electron chi connectivity index (χ3n) is 3.47. The maximum atomic E-state index is 9.65. The van der Waals surface area contributed by atoms with Crippen LogP contribution in [0.5, 0.6) is 0 Å². The van der Waals surface area contributed by atoms with Gasteiger partial charge in [0, 0.05) is 11.3 Å². The molecule has 1 aromatic heterocycles. The molecule has 0 spiro atoms. The molecule has 124 valence electrons. The number of hydrogen-bond donors (Lipinski definition) is 2. The Kier molecular flexibility index (Phi) is 5.63. The van der Waals surface area contributed by atoms with Gasteiger partial charge in [-0.2, -0.15) is 4.98 Å². The van der Waals surface area contributed by atoms with Gasteiger partial charge < -0.3 is 14.7 Å². The van der Waals surface area contributed by atoms with Crippen molar-refractivity contribution >= 4 is 11.8 Å². The molecule has 0 saturated carbocycles. The van der Waals surface area contributed by atoms with Crippen LogP contribution in [0.2, 0.25) is 0 Å². The van der Waals surface area contributed by atoms with E-state index in [2.05, 4.69) is 10.1 Å². The molecule has 2 aromatic carbocycles. The van der Waals surface area contributed by atoms with Crippen LogP contribution in [0.25, 0.3) is 11.4 Å². The van der Waals surface area contributed by atoms with Crippen molar-refractivity contribution in [2.24, 2.45) is 0 Å². The fourth-order valence-corrected chi connectivity index (χ4v) is 3.35. The zero-order valence-electron chi connectivity index (χ0n) is 12.9. The van der Waals surface area contributed by atoms with Crippen molar-refractivity contribution in [3.05, 3.63) is 72.1 Å². The van der Waals surface area contributed by atoms with Crippen molar-refractivity contribution in [2.45, 2.75) is 11.4 Å². The topological polar surface area (TPSA) is 79.4 Å². The lowest BCUT2D eigenvalue weighted by atomic mass is 10.1. The zero-order valence-corrected chi connectivity index (χ0v) is 13.8. The predicted molar refractivity (Wildman–Crippen MR) is 93.6 cm³/mol. The SMILES string of the molecule is OC[C@H](O)CS[C@H](c1ccccc1)c1nc(-c2ccccc2)no1. The summed E-state index contributed by atoms with van der Waals surface area (Å²) >= 11 is 1.46. The van der Waals surface area contributed by atoms with Crippen LogP contribution < -0.4 is 0 Å². The molecule has 2 atom stereocenters. The number of nitrogens with zero attached hydrogens (tertiary/aromatic N) is 2. The van der Waals surface area contributed by atoms with Crippen LogP contribution in [0.3, 0.4) is 0 Å². The third-order valence-corrected chi connectivity index (χ3v) is 4.85. The quantitative estimate of drug-likeness (QED) is 0.687. The first kappa shape index (κ1) is 16.7. The molecule has 0 saturated heterocycles. The van der Waals surface area contributed by atoms with Crippen molar-refractivity contribution in [1.82, 2.24) is 10.1 Å². The Labute approximate surface area is 144 Å². The zero-order chi connectivity index (χ0) is 16.8. The van der Waals surface area contributed by atoms with E-state index in [1.165, 1.54) is 11.8 Å². The number of aromatic nitrogens is 2. The Hall–Kier alpha value is -2.15. The lowest BCUT2D eigenvalue weighted by molar-refractivity contribution is 0.113. The lowest BCUT2D eigenvalue weighted by Crippen LogP contribution is -2.16. The number of aliphatic hydroxyl groups is 2. The molecular weight excluding hydrogens is 324 g/mol. The molecule has 5 nitrogen and oxygen atoms in total. The molecule has 0 unspecified atom stereocenters. The van der Waals surface area contributed by atoms with E-state index in [0.29, 0.717) is 17.5 Å². The number of aliphatic hydroxyl groups excluding tert-OH is 2. The Morgan fingerprint density at radius 2 is 1.67 bits per heavy atom. The van der Waals surface area contributed by atoms with Gasteiger partial charge in [-0.05, 0) is 5.56 Å². The summed E-state index contributed by atoms with van der Waals surface area (Å²) in [6.45, 7) is -0.270. The summed E-state index contributed by atoms with van der Waals surface area (Å²) in [6, 6.07) is 19.4. The summed E-state index contributed by atoms with van der Waals surface area (Å²) < 4.78 is 5.48. The van der Waals surface area contributed by atoms with E-state index in [9.17, 15) is 5.11 Å². The van der Waals surface area contributed by atoms with Crippen LogP contribution in [0.15, 0.2) is 65.2 Å². The smallest absolute Gasteiger partial charge is 0.244 e. The van der Waals surface area contributed by atoms with Crippen LogP contribution >= 0.6 is 11.8 Å². The molecular formula is C18H18N2O3S. The average molecular weight is 342 g/mol. The van der Waals surface area contributed by atoms with Gasteiger partial charge in [0.2, 0.25) is 11.7 Å². The van der Waals surface area contributed by atoms with E-state index in [-0.39, 0.29) is 11.9 Å². The maximum Gasteiger partial charge on any atom is 0.244 e. The summed E-state index contributed by atoms with van der Waals surface area (Å²) in [7, 11) is 0. The fourth-order valence-electron chi connectivity index (χ4n) is 2.24. The fraction of sp³-hybridized carbons (Fsp3) is 0.222. The van der Waals surface area contributed by atoms with Crippen LogP contribution in [0.4, 0.5) is 0 Å². The highest BCUT2D eigenvalue weighted by molar-refractivity contribution is 7.99. The highest BCUT2D eigenvalue weighted by atomic mass is 32.2. The van der Waals surface area contributed by atoms with Crippen LogP contribution in [-0.4, -0.2) is 38.8 Å². The van der Waals surface area contributed by atoms with Gasteiger partial charge in [-0.15, -0.1) is 11.8 Å². The van der Waals surface area contributed by atoms with Gasteiger partial charge in [0.15, 0.2) is 0 Å². The number of thioether (sulfide) groups is 1. The second-order valence-corrected chi connectivity index (χ2v) is 6.42. The normalized spacial score (nSPS) is 13.6. The third kappa shape index (κ3) is 4.03. The number of rotatable bonds is 7. The van der Waals surface area contributed by atoms with Gasteiger partial charge in [0.05, 0.1) is 12.7 Å². The van der Waals surface area contributed by atoms with E-state index >= 15 is 0 Å². The standard InChI is InChI=1S/C18H18N2O3S/c21-11-15(22)12-24-16(13-7-3-1-4-8-13)18-19-17(20-23-18)14-9-5-2-6-10-14/h1-10,15-16,21-22H,11-12H2/t15-,16+/m0/s1. The van der Waals surface area contributed by atoms with E-state index in [1.54, 1.807) is 0 Å². The van der Waals surface area contributed by atoms with E-state index in [1.807, 2.05) is 60.7 Å². The molecule has 0 aliphatic rings. The molecule has 0 bridgehead atoms. The van der Waals surface area contributed by atoms with Gasteiger partial charge in [-0.3, -0.25) is 0 Å². The van der Waals surface area contributed by atoms with Gasteiger partial charge in [0.1, 0.15) is 5.25 Å². The van der Waals surface area contributed by atoms with Gasteiger partial charge in [-0.1, -0.05) is 65.8 Å². The lowest BCUT2D eigenvalue weighted by Gasteiger charge is -2.14. The van der Waals surface area contributed by atoms with Crippen molar-refractivity contribution in [3.8, 4) is 11.4 Å².